The fourth-order valence-corrected chi connectivity index (χ4v) is 3.01. The highest BCUT2D eigenvalue weighted by molar-refractivity contribution is 6.16. The highest BCUT2D eigenvalue weighted by Gasteiger charge is 2.24. The molecule has 1 heterocycles. The number of nitrogen functional groups attached to an aromatic ring is 1. The van der Waals surface area contributed by atoms with Crippen molar-refractivity contribution in [3.05, 3.63) is 82.9 Å². The molecule has 0 fully saturated rings. The van der Waals surface area contributed by atoms with E-state index in [-0.39, 0.29) is 23.6 Å². The summed E-state index contributed by atoms with van der Waals surface area (Å²) >= 11 is 0. The Bertz CT molecular complexity index is 1110. The van der Waals surface area contributed by atoms with Crippen LogP contribution in [0.25, 0.3) is 0 Å². The predicted octanol–water partition coefficient (Wildman–Crippen LogP) is 3.54. The van der Waals surface area contributed by atoms with Gasteiger partial charge in [-0.3, -0.25) is 10.2 Å². The van der Waals surface area contributed by atoms with Crippen LogP contribution in [-0.4, -0.2) is 33.7 Å². The van der Waals surface area contributed by atoms with Crippen LogP contribution in [0.1, 0.15) is 40.9 Å². The number of anilines is 2. The van der Waals surface area contributed by atoms with Crippen molar-refractivity contribution in [3.63, 3.8) is 0 Å². The third-order valence-corrected chi connectivity index (χ3v) is 4.73. The maximum Gasteiger partial charge on any atom is 0.254 e. The second-order valence-electron chi connectivity index (χ2n) is 7.89. The molecule has 0 bridgehead atoms. The molecule has 0 saturated carbocycles. The Balaban J connectivity index is 1.79. The lowest BCUT2D eigenvalue weighted by Gasteiger charge is -2.28. The molecule has 5 N–H and O–H groups in total. The van der Waals surface area contributed by atoms with Crippen molar-refractivity contribution in [2.24, 2.45) is 0 Å². The van der Waals surface area contributed by atoms with E-state index in [9.17, 15) is 9.18 Å². The van der Waals surface area contributed by atoms with Crippen LogP contribution in [0.15, 0.2) is 54.9 Å². The van der Waals surface area contributed by atoms with Gasteiger partial charge in [-0.25, -0.2) is 14.4 Å². The number of amides is 1. The number of nitrogens with zero attached hydrogens (tertiary/aromatic N) is 2. The average Bonchev–Trinajstić information content (AvgIpc) is 2.72. The number of hydrogen-bond donors (Lipinski definition) is 4. The van der Waals surface area contributed by atoms with Crippen molar-refractivity contribution in [1.82, 2.24) is 15.3 Å². The molecule has 0 aliphatic rings. The number of carbonyl (C=O) groups is 1. The first-order chi connectivity index (χ1) is 14.7. The van der Waals surface area contributed by atoms with E-state index in [0.717, 1.165) is 5.56 Å². The molecule has 160 valence electrons. The average molecular weight is 420 g/mol. The van der Waals surface area contributed by atoms with Crippen molar-refractivity contribution >= 4 is 23.3 Å². The van der Waals surface area contributed by atoms with Gasteiger partial charge in [-0.2, -0.15) is 0 Å². The molecule has 1 amide bonds. The summed E-state index contributed by atoms with van der Waals surface area (Å²) in [5.41, 5.74) is 7.71. The standard InChI is InChI=1S/C23H25FN6O/c1-14-8-10-15(11-9-14)19(25)18-20(26)28-13-29-21(18)30-23(2,3)12-27-22(31)16-6-4-5-7-17(16)24/h4-11,13,25H,12H2,1-3H3,(H,27,31)(H3,26,28,29,30). The number of hydrogen-bond acceptors (Lipinski definition) is 6. The molecule has 3 rings (SSSR count). The van der Waals surface area contributed by atoms with Crippen molar-refractivity contribution in [2.45, 2.75) is 26.3 Å². The monoisotopic (exact) mass is 420 g/mol. The Hall–Kier alpha value is -3.81. The van der Waals surface area contributed by atoms with E-state index in [4.69, 9.17) is 11.1 Å². The minimum atomic E-state index is -0.677. The number of rotatable bonds is 7. The van der Waals surface area contributed by atoms with E-state index in [0.29, 0.717) is 16.9 Å². The third-order valence-electron chi connectivity index (χ3n) is 4.73. The van der Waals surface area contributed by atoms with Crippen LogP contribution >= 0.6 is 0 Å². The van der Waals surface area contributed by atoms with Crippen molar-refractivity contribution in [1.29, 1.82) is 5.41 Å². The van der Waals surface area contributed by atoms with Gasteiger partial charge < -0.3 is 16.4 Å². The molecule has 8 heteroatoms. The van der Waals surface area contributed by atoms with E-state index in [2.05, 4.69) is 20.6 Å². The minimum Gasteiger partial charge on any atom is -0.383 e. The Labute approximate surface area is 180 Å². The number of benzene rings is 2. The molecule has 1 aromatic heterocycles. The molecule has 0 radical (unpaired) electrons. The van der Waals surface area contributed by atoms with Gasteiger partial charge in [0.05, 0.1) is 22.4 Å². The summed E-state index contributed by atoms with van der Waals surface area (Å²) in [7, 11) is 0. The highest BCUT2D eigenvalue weighted by atomic mass is 19.1. The van der Waals surface area contributed by atoms with Gasteiger partial charge in [0.15, 0.2) is 0 Å². The highest BCUT2D eigenvalue weighted by Crippen LogP contribution is 2.24. The summed E-state index contributed by atoms with van der Waals surface area (Å²) in [4.78, 5) is 20.7. The molecule has 0 aliphatic heterocycles. The van der Waals surface area contributed by atoms with Gasteiger partial charge in [-0.1, -0.05) is 42.0 Å². The van der Waals surface area contributed by atoms with Crippen molar-refractivity contribution < 1.29 is 9.18 Å². The molecule has 0 unspecified atom stereocenters. The van der Waals surface area contributed by atoms with E-state index in [1.165, 1.54) is 24.5 Å². The maximum atomic E-state index is 13.8. The minimum absolute atomic E-state index is 0.0218. The first-order valence-corrected chi connectivity index (χ1v) is 9.75. The van der Waals surface area contributed by atoms with Crippen LogP contribution < -0.4 is 16.4 Å². The lowest BCUT2D eigenvalue weighted by atomic mass is 10.00. The van der Waals surface area contributed by atoms with Crippen LogP contribution in [0.3, 0.4) is 0 Å². The normalized spacial score (nSPS) is 11.1. The van der Waals surface area contributed by atoms with Gasteiger partial charge >= 0.3 is 0 Å². The van der Waals surface area contributed by atoms with Gasteiger partial charge in [-0.15, -0.1) is 0 Å². The van der Waals surface area contributed by atoms with Crippen LogP contribution in [0.2, 0.25) is 0 Å². The molecule has 31 heavy (non-hydrogen) atoms. The second-order valence-corrected chi connectivity index (χ2v) is 7.89. The molecule has 0 aliphatic carbocycles. The second kappa shape index (κ2) is 8.91. The lowest BCUT2D eigenvalue weighted by Crippen LogP contribution is -2.44. The predicted molar refractivity (Wildman–Crippen MR) is 120 cm³/mol. The quantitative estimate of drug-likeness (QED) is 0.436. The van der Waals surface area contributed by atoms with Crippen molar-refractivity contribution in [3.8, 4) is 0 Å². The first kappa shape index (κ1) is 21.9. The largest absolute Gasteiger partial charge is 0.383 e. The Morgan fingerprint density at radius 2 is 1.81 bits per heavy atom. The molecule has 7 nitrogen and oxygen atoms in total. The maximum absolute atomic E-state index is 13.8. The molecular formula is C23H25FN6O. The van der Waals surface area contributed by atoms with Crippen LogP contribution in [0.4, 0.5) is 16.0 Å². The summed E-state index contributed by atoms with van der Waals surface area (Å²) in [6.07, 6.45) is 1.32. The zero-order chi connectivity index (χ0) is 22.6. The van der Waals surface area contributed by atoms with E-state index >= 15 is 0 Å². The summed E-state index contributed by atoms with van der Waals surface area (Å²) < 4.78 is 13.8. The number of halogens is 1. The smallest absolute Gasteiger partial charge is 0.254 e. The van der Waals surface area contributed by atoms with E-state index in [1.54, 1.807) is 6.07 Å². The fourth-order valence-electron chi connectivity index (χ4n) is 3.01. The summed E-state index contributed by atoms with van der Waals surface area (Å²) in [6, 6.07) is 13.3. The Kier molecular flexibility index (Phi) is 6.29. The van der Waals surface area contributed by atoms with Gasteiger partial charge in [0.25, 0.3) is 5.91 Å². The van der Waals surface area contributed by atoms with Gasteiger partial charge in [-0.05, 0) is 32.9 Å². The number of nitrogens with one attached hydrogen (secondary N) is 3. The summed E-state index contributed by atoms with van der Waals surface area (Å²) in [5.74, 6) is -0.538. The molecule has 0 atom stereocenters. The zero-order valence-electron chi connectivity index (χ0n) is 17.7. The number of carbonyl (C=O) groups excluding carboxylic acids is 1. The van der Waals surface area contributed by atoms with Crippen molar-refractivity contribution in [2.75, 3.05) is 17.6 Å². The Morgan fingerprint density at radius 1 is 1.13 bits per heavy atom. The molecule has 3 aromatic rings. The third kappa shape index (κ3) is 5.22. The van der Waals surface area contributed by atoms with E-state index < -0.39 is 17.3 Å². The fraction of sp³-hybridized carbons (Fsp3) is 0.217. The van der Waals surface area contributed by atoms with Crippen LogP contribution in [0, 0.1) is 18.2 Å². The number of aryl methyl sites for hydroxylation is 1. The summed E-state index contributed by atoms with van der Waals surface area (Å²) in [5, 5.41) is 14.6. The topological polar surface area (TPSA) is 117 Å². The van der Waals surface area contributed by atoms with Gasteiger partial charge in [0.2, 0.25) is 0 Å². The van der Waals surface area contributed by atoms with Crippen LogP contribution in [0.5, 0.6) is 0 Å². The van der Waals surface area contributed by atoms with Gasteiger partial charge in [0, 0.05) is 12.1 Å². The molecule has 0 spiro atoms. The molecular weight excluding hydrogens is 395 g/mol. The number of nitrogens with two attached hydrogens (primary N) is 1. The molecule has 2 aromatic carbocycles. The number of aromatic nitrogens is 2. The lowest BCUT2D eigenvalue weighted by molar-refractivity contribution is 0.0943. The molecule has 0 saturated heterocycles. The SMILES string of the molecule is Cc1ccc(C(=N)c2c(N)ncnc2NC(C)(C)CNC(=O)c2ccccc2F)cc1. The first-order valence-electron chi connectivity index (χ1n) is 9.75. The van der Waals surface area contributed by atoms with E-state index in [1.807, 2.05) is 45.0 Å². The van der Waals surface area contributed by atoms with Crippen LogP contribution in [-0.2, 0) is 0 Å². The Morgan fingerprint density at radius 3 is 2.48 bits per heavy atom. The summed E-state index contributed by atoms with van der Waals surface area (Å²) in [6.45, 7) is 5.86. The zero-order valence-corrected chi connectivity index (χ0v) is 17.7. The van der Waals surface area contributed by atoms with Gasteiger partial charge in [0.1, 0.15) is 23.8 Å².